The van der Waals surface area contributed by atoms with Crippen LogP contribution in [0.2, 0.25) is 0 Å². The van der Waals surface area contributed by atoms with Crippen LogP contribution in [0.15, 0.2) is 5.38 Å². The van der Waals surface area contributed by atoms with E-state index in [0.717, 1.165) is 18.0 Å². The van der Waals surface area contributed by atoms with Crippen LogP contribution < -0.4 is 5.73 Å². The van der Waals surface area contributed by atoms with Crippen LogP contribution in [0, 0.1) is 12.8 Å². The highest BCUT2D eigenvalue weighted by Gasteiger charge is 2.16. The molecule has 1 aromatic heterocycles. The molecule has 0 saturated heterocycles. The van der Waals surface area contributed by atoms with Crippen LogP contribution in [0.25, 0.3) is 0 Å². The zero-order valence-corrected chi connectivity index (χ0v) is 11.6. The van der Waals surface area contributed by atoms with Gasteiger partial charge in [-0.2, -0.15) is 0 Å². The van der Waals surface area contributed by atoms with Crippen LogP contribution in [0.5, 0.6) is 0 Å². The maximum atomic E-state index is 6.26. The quantitative estimate of drug-likeness (QED) is 0.830. The predicted molar refractivity (Wildman–Crippen MR) is 74.3 cm³/mol. The first-order valence-corrected chi connectivity index (χ1v) is 7.78. The lowest BCUT2D eigenvalue weighted by molar-refractivity contribution is 0.387. The molecule has 1 aliphatic carbocycles. The fourth-order valence-corrected chi connectivity index (χ4v) is 3.70. The first kappa shape index (κ1) is 13.0. The molecular formula is C14H24N2S. The fourth-order valence-electron chi connectivity index (χ4n) is 2.83. The van der Waals surface area contributed by atoms with Gasteiger partial charge in [0.1, 0.15) is 0 Å². The maximum absolute atomic E-state index is 6.26. The van der Waals surface area contributed by atoms with Gasteiger partial charge < -0.3 is 5.73 Å². The van der Waals surface area contributed by atoms with Crippen LogP contribution in [-0.4, -0.2) is 11.0 Å². The van der Waals surface area contributed by atoms with Gasteiger partial charge in [0.2, 0.25) is 0 Å². The van der Waals surface area contributed by atoms with Gasteiger partial charge in [0.15, 0.2) is 0 Å². The highest BCUT2D eigenvalue weighted by atomic mass is 32.1. The molecule has 0 aliphatic heterocycles. The minimum absolute atomic E-state index is 0.309. The third kappa shape index (κ3) is 4.40. The molecule has 0 aromatic carbocycles. The largest absolute Gasteiger partial charge is 0.327 e. The summed E-state index contributed by atoms with van der Waals surface area (Å²) in [5, 5.41) is 3.33. The number of nitrogens with two attached hydrogens (primary N) is 1. The number of thiazole rings is 1. The van der Waals surface area contributed by atoms with Crippen LogP contribution in [0.4, 0.5) is 0 Å². The third-order valence-electron chi connectivity index (χ3n) is 3.71. The van der Waals surface area contributed by atoms with Crippen molar-refractivity contribution in [2.45, 2.75) is 64.3 Å². The van der Waals surface area contributed by atoms with Gasteiger partial charge in [-0.1, -0.05) is 38.5 Å². The molecule has 1 saturated carbocycles. The van der Waals surface area contributed by atoms with E-state index in [2.05, 4.69) is 17.3 Å². The summed E-state index contributed by atoms with van der Waals surface area (Å²) < 4.78 is 0. The van der Waals surface area contributed by atoms with E-state index in [4.69, 9.17) is 5.73 Å². The van der Waals surface area contributed by atoms with Crippen LogP contribution in [0.3, 0.4) is 0 Å². The van der Waals surface area contributed by atoms with E-state index >= 15 is 0 Å². The molecule has 1 heterocycles. The normalized spacial score (nSPS) is 20.1. The standard InChI is InChI=1S/C14H24N2S/c1-11-10-17-14(16-11)9-13(15)8-12-6-4-2-3-5-7-12/h10,12-13H,2-9,15H2,1H3. The molecule has 2 nitrogen and oxygen atoms in total. The van der Waals surface area contributed by atoms with E-state index in [0.29, 0.717) is 6.04 Å². The van der Waals surface area contributed by atoms with E-state index in [1.165, 1.54) is 50.0 Å². The number of nitrogens with zero attached hydrogens (tertiary/aromatic N) is 1. The predicted octanol–water partition coefficient (Wildman–Crippen LogP) is 3.68. The molecule has 0 radical (unpaired) electrons. The van der Waals surface area contributed by atoms with Gasteiger partial charge in [0.05, 0.1) is 5.01 Å². The number of aryl methyl sites for hydroxylation is 1. The zero-order valence-electron chi connectivity index (χ0n) is 10.8. The molecule has 1 aromatic rings. The van der Waals surface area contributed by atoms with Gasteiger partial charge in [-0.25, -0.2) is 4.98 Å². The second-order valence-electron chi connectivity index (χ2n) is 5.44. The number of rotatable bonds is 4. The van der Waals surface area contributed by atoms with E-state index in [1.807, 2.05) is 0 Å². The van der Waals surface area contributed by atoms with Crippen molar-refractivity contribution in [1.29, 1.82) is 0 Å². The second kappa shape index (κ2) is 6.50. The number of hydrogen-bond donors (Lipinski definition) is 1. The SMILES string of the molecule is Cc1csc(CC(N)CC2CCCCCC2)n1. The van der Waals surface area contributed by atoms with Crippen molar-refractivity contribution in [2.24, 2.45) is 11.7 Å². The topological polar surface area (TPSA) is 38.9 Å². The Balaban J connectivity index is 1.77. The van der Waals surface area contributed by atoms with Crippen molar-refractivity contribution >= 4 is 11.3 Å². The summed E-state index contributed by atoms with van der Waals surface area (Å²) in [5.41, 5.74) is 7.39. The lowest BCUT2D eigenvalue weighted by Crippen LogP contribution is -2.26. The molecule has 0 spiro atoms. The summed E-state index contributed by atoms with van der Waals surface area (Å²) in [6.07, 6.45) is 10.6. The summed E-state index contributed by atoms with van der Waals surface area (Å²) in [5.74, 6) is 0.869. The minimum Gasteiger partial charge on any atom is -0.327 e. The number of hydrogen-bond acceptors (Lipinski definition) is 3. The zero-order chi connectivity index (χ0) is 12.1. The lowest BCUT2D eigenvalue weighted by atomic mass is 9.92. The highest BCUT2D eigenvalue weighted by molar-refractivity contribution is 7.09. The molecule has 17 heavy (non-hydrogen) atoms. The molecule has 2 N–H and O–H groups in total. The molecule has 0 bridgehead atoms. The number of aromatic nitrogens is 1. The first-order valence-electron chi connectivity index (χ1n) is 6.90. The molecular weight excluding hydrogens is 228 g/mol. The molecule has 1 unspecified atom stereocenters. The third-order valence-corrected chi connectivity index (χ3v) is 4.70. The fraction of sp³-hybridized carbons (Fsp3) is 0.786. The van der Waals surface area contributed by atoms with E-state index < -0.39 is 0 Å². The molecule has 3 heteroatoms. The Labute approximate surface area is 109 Å². The second-order valence-corrected chi connectivity index (χ2v) is 6.38. The van der Waals surface area contributed by atoms with E-state index in [-0.39, 0.29) is 0 Å². The summed E-state index contributed by atoms with van der Waals surface area (Å²) in [7, 11) is 0. The Morgan fingerprint density at radius 3 is 2.65 bits per heavy atom. The monoisotopic (exact) mass is 252 g/mol. The Kier molecular flexibility index (Phi) is 4.99. The molecule has 1 atom stereocenters. The van der Waals surface area contributed by atoms with Crippen molar-refractivity contribution in [2.75, 3.05) is 0 Å². The van der Waals surface area contributed by atoms with Crippen molar-refractivity contribution in [3.63, 3.8) is 0 Å². The van der Waals surface area contributed by atoms with E-state index in [9.17, 15) is 0 Å². The molecule has 1 aliphatic rings. The maximum Gasteiger partial charge on any atom is 0.0943 e. The smallest absolute Gasteiger partial charge is 0.0943 e. The highest BCUT2D eigenvalue weighted by Crippen LogP contribution is 2.27. The van der Waals surface area contributed by atoms with Crippen molar-refractivity contribution in [3.05, 3.63) is 16.1 Å². The Morgan fingerprint density at radius 1 is 1.35 bits per heavy atom. The van der Waals surface area contributed by atoms with E-state index in [1.54, 1.807) is 11.3 Å². The minimum atomic E-state index is 0.309. The van der Waals surface area contributed by atoms with Gasteiger partial charge in [0.25, 0.3) is 0 Å². The van der Waals surface area contributed by atoms with Crippen molar-refractivity contribution in [1.82, 2.24) is 4.98 Å². The van der Waals surface area contributed by atoms with Crippen molar-refractivity contribution in [3.8, 4) is 0 Å². The summed E-state index contributed by atoms with van der Waals surface area (Å²) in [4.78, 5) is 4.50. The molecule has 1 fully saturated rings. The van der Waals surface area contributed by atoms with Gasteiger partial charge in [-0.05, 0) is 19.3 Å². The lowest BCUT2D eigenvalue weighted by Gasteiger charge is -2.18. The molecule has 0 amide bonds. The molecule has 2 rings (SSSR count). The average molecular weight is 252 g/mol. The first-order chi connectivity index (χ1) is 8.24. The van der Waals surface area contributed by atoms with Gasteiger partial charge >= 0.3 is 0 Å². The van der Waals surface area contributed by atoms with Gasteiger partial charge in [0, 0.05) is 23.5 Å². The van der Waals surface area contributed by atoms with Gasteiger partial charge in [-0.15, -0.1) is 11.3 Å². The van der Waals surface area contributed by atoms with Gasteiger partial charge in [-0.3, -0.25) is 0 Å². The Hall–Kier alpha value is -0.410. The van der Waals surface area contributed by atoms with Crippen molar-refractivity contribution < 1.29 is 0 Å². The molecule has 96 valence electrons. The Bertz CT molecular complexity index is 327. The van der Waals surface area contributed by atoms with Crippen LogP contribution >= 0.6 is 11.3 Å². The summed E-state index contributed by atoms with van der Waals surface area (Å²) in [6.45, 7) is 2.05. The summed E-state index contributed by atoms with van der Waals surface area (Å²) in [6, 6.07) is 0.309. The summed E-state index contributed by atoms with van der Waals surface area (Å²) >= 11 is 1.75. The Morgan fingerprint density at radius 2 is 2.06 bits per heavy atom. The van der Waals surface area contributed by atoms with Crippen LogP contribution in [-0.2, 0) is 6.42 Å². The average Bonchev–Trinajstić information content (AvgIpc) is 2.53. The van der Waals surface area contributed by atoms with Crippen LogP contribution in [0.1, 0.15) is 55.6 Å².